The van der Waals surface area contributed by atoms with Crippen molar-refractivity contribution in [1.82, 2.24) is 19.1 Å². The van der Waals surface area contributed by atoms with Gasteiger partial charge in [-0.3, -0.25) is 9.59 Å². The molecule has 2 aliphatic rings. The molecule has 0 aliphatic carbocycles. The highest BCUT2D eigenvalue weighted by molar-refractivity contribution is 6.00. The maximum absolute atomic E-state index is 13.5. The van der Waals surface area contributed by atoms with Gasteiger partial charge in [0.15, 0.2) is 0 Å². The predicted molar refractivity (Wildman–Crippen MR) is 110 cm³/mol. The molecule has 8 nitrogen and oxygen atoms in total. The van der Waals surface area contributed by atoms with Crippen LogP contribution in [0.15, 0.2) is 48.9 Å². The topological polar surface area (TPSA) is 100 Å². The van der Waals surface area contributed by atoms with Gasteiger partial charge in [-0.15, -0.1) is 0 Å². The van der Waals surface area contributed by atoms with E-state index in [1.165, 1.54) is 5.56 Å². The quantitative estimate of drug-likeness (QED) is 0.641. The second kappa shape index (κ2) is 7.95. The van der Waals surface area contributed by atoms with E-state index in [0.29, 0.717) is 5.56 Å². The third-order valence-electron chi connectivity index (χ3n) is 6.57. The zero-order valence-corrected chi connectivity index (χ0v) is 16.9. The van der Waals surface area contributed by atoms with E-state index in [-0.39, 0.29) is 36.5 Å². The summed E-state index contributed by atoms with van der Waals surface area (Å²) in [5.41, 5.74) is 2.44. The van der Waals surface area contributed by atoms with Crippen molar-refractivity contribution in [3.63, 3.8) is 0 Å². The van der Waals surface area contributed by atoms with Crippen LogP contribution in [0.5, 0.6) is 0 Å². The van der Waals surface area contributed by atoms with E-state index in [1.807, 2.05) is 47.1 Å². The summed E-state index contributed by atoms with van der Waals surface area (Å²) in [7, 11) is 1.93. The SMILES string of the molecule is Cn1ccn2ncc(C(=O)N3[C@@H]4CC[C@H]3[C@](CO)(Cc3ccccc3)C4)c12.O=CO. The first-order valence-corrected chi connectivity index (χ1v) is 10.1. The van der Waals surface area contributed by atoms with Crippen LogP contribution >= 0.6 is 0 Å². The largest absolute Gasteiger partial charge is 0.483 e. The Labute approximate surface area is 174 Å². The van der Waals surface area contributed by atoms with Crippen molar-refractivity contribution in [1.29, 1.82) is 0 Å². The van der Waals surface area contributed by atoms with Crippen molar-refractivity contribution >= 4 is 18.0 Å². The van der Waals surface area contributed by atoms with Gasteiger partial charge in [0.1, 0.15) is 11.2 Å². The monoisotopic (exact) mass is 410 g/mol. The Kier molecular flexibility index (Phi) is 5.34. The summed E-state index contributed by atoms with van der Waals surface area (Å²) in [6, 6.07) is 10.6. The molecule has 2 aliphatic heterocycles. The van der Waals surface area contributed by atoms with Crippen molar-refractivity contribution in [3.05, 3.63) is 60.0 Å². The number of aliphatic hydroxyl groups excluding tert-OH is 1. The van der Waals surface area contributed by atoms with E-state index in [0.717, 1.165) is 31.3 Å². The summed E-state index contributed by atoms with van der Waals surface area (Å²) in [6.45, 7) is -0.138. The number of aromatic nitrogens is 3. The molecule has 0 spiro atoms. The Balaban J connectivity index is 0.000000687. The molecular formula is C22H26N4O4. The number of carbonyl (C=O) groups is 2. The number of hydrogen-bond donors (Lipinski definition) is 2. The molecule has 5 rings (SSSR count). The van der Waals surface area contributed by atoms with Crippen molar-refractivity contribution in [3.8, 4) is 0 Å². The Morgan fingerprint density at radius 3 is 2.70 bits per heavy atom. The maximum atomic E-state index is 13.5. The Morgan fingerprint density at radius 2 is 2.00 bits per heavy atom. The highest BCUT2D eigenvalue weighted by Gasteiger charge is 2.57. The first kappa shape index (κ1) is 20.2. The molecule has 4 heterocycles. The second-order valence-corrected chi connectivity index (χ2v) is 8.19. The van der Waals surface area contributed by atoms with E-state index in [2.05, 4.69) is 17.2 Å². The minimum absolute atomic E-state index is 0.0442. The zero-order chi connectivity index (χ0) is 21.3. The average Bonchev–Trinajstić information content (AvgIpc) is 3.50. The van der Waals surface area contributed by atoms with Crippen molar-refractivity contribution in [2.45, 2.75) is 37.8 Å². The van der Waals surface area contributed by atoms with Crippen molar-refractivity contribution < 1.29 is 19.8 Å². The molecule has 2 bridgehead atoms. The van der Waals surface area contributed by atoms with Crippen LogP contribution in [0.3, 0.4) is 0 Å². The molecule has 0 unspecified atom stereocenters. The molecule has 2 saturated heterocycles. The molecule has 2 N–H and O–H groups in total. The summed E-state index contributed by atoms with van der Waals surface area (Å²) < 4.78 is 3.68. The van der Waals surface area contributed by atoms with E-state index in [4.69, 9.17) is 9.90 Å². The minimum Gasteiger partial charge on any atom is -0.483 e. The second-order valence-electron chi connectivity index (χ2n) is 8.19. The van der Waals surface area contributed by atoms with E-state index >= 15 is 0 Å². The highest BCUT2D eigenvalue weighted by atomic mass is 16.3. The standard InChI is InChI=1S/C21H24N4O2.CH2O2/c1-23-9-10-24-19(23)17(13-22-24)20(27)25-16-7-8-18(25)21(12-16,14-26)11-15-5-3-2-4-6-15;2-1-3/h2-6,9-10,13,16,18,26H,7-8,11-12,14H2,1H3;1H,(H,2,3)/t16-,18+,21-;/m1./s1. The number of aryl methyl sites for hydroxylation is 1. The number of amides is 1. The fraction of sp³-hybridized carbons (Fsp3) is 0.409. The molecule has 158 valence electrons. The number of fused-ring (bicyclic) bond motifs is 3. The number of nitrogens with zero attached hydrogens (tertiary/aromatic N) is 4. The predicted octanol–water partition coefficient (Wildman–Crippen LogP) is 1.97. The lowest BCUT2D eigenvalue weighted by atomic mass is 9.70. The third kappa shape index (κ3) is 3.17. The number of carboxylic acid groups (broad SMARTS) is 1. The lowest BCUT2D eigenvalue weighted by Gasteiger charge is -2.36. The van der Waals surface area contributed by atoms with Crippen LogP contribution in [-0.2, 0) is 18.3 Å². The molecule has 2 aromatic heterocycles. The average molecular weight is 410 g/mol. The van der Waals surface area contributed by atoms with Crippen molar-refractivity contribution in [2.24, 2.45) is 12.5 Å². The lowest BCUT2D eigenvalue weighted by molar-refractivity contribution is -0.122. The molecule has 8 heteroatoms. The summed E-state index contributed by atoms with van der Waals surface area (Å²) in [4.78, 5) is 23.9. The summed E-state index contributed by atoms with van der Waals surface area (Å²) in [5.74, 6) is 0.0442. The number of imidazole rings is 1. The Bertz CT molecular complexity index is 1040. The molecule has 0 radical (unpaired) electrons. The summed E-state index contributed by atoms with van der Waals surface area (Å²) >= 11 is 0. The maximum Gasteiger partial charge on any atom is 0.290 e. The minimum atomic E-state index is -0.250. The molecule has 30 heavy (non-hydrogen) atoms. The van der Waals surface area contributed by atoms with Crippen LogP contribution in [0.1, 0.15) is 35.2 Å². The van der Waals surface area contributed by atoms with Crippen LogP contribution in [-0.4, -0.2) is 60.4 Å². The van der Waals surface area contributed by atoms with E-state index in [1.54, 1.807) is 10.7 Å². The molecular weight excluding hydrogens is 384 g/mol. The van der Waals surface area contributed by atoms with Gasteiger partial charge in [0, 0.05) is 36.9 Å². The number of hydrogen-bond acceptors (Lipinski definition) is 4. The Hall–Kier alpha value is -3.13. The van der Waals surface area contributed by atoms with Crippen LogP contribution in [0, 0.1) is 5.41 Å². The zero-order valence-electron chi connectivity index (χ0n) is 16.9. The normalized spacial score (nSPS) is 24.7. The number of carbonyl (C=O) groups excluding carboxylic acids is 1. The van der Waals surface area contributed by atoms with Gasteiger partial charge < -0.3 is 19.7 Å². The van der Waals surface area contributed by atoms with Gasteiger partial charge in [-0.2, -0.15) is 5.10 Å². The molecule has 1 aromatic carbocycles. The first-order valence-electron chi connectivity index (χ1n) is 10.1. The van der Waals surface area contributed by atoms with Crippen molar-refractivity contribution in [2.75, 3.05) is 6.61 Å². The summed E-state index contributed by atoms with van der Waals surface area (Å²) in [6.07, 6.45) is 9.09. The van der Waals surface area contributed by atoms with Gasteiger partial charge in [-0.1, -0.05) is 30.3 Å². The van der Waals surface area contributed by atoms with E-state index in [9.17, 15) is 9.90 Å². The molecule has 3 aromatic rings. The molecule has 2 fully saturated rings. The van der Waals surface area contributed by atoms with Gasteiger partial charge in [-0.25, -0.2) is 4.52 Å². The van der Waals surface area contributed by atoms with Crippen LogP contribution in [0.2, 0.25) is 0 Å². The van der Waals surface area contributed by atoms with Gasteiger partial charge >= 0.3 is 0 Å². The van der Waals surface area contributed by atoms with E-state index < -0.39 is 0 Å². The number of benzene rings is 1. The van der Waals surface area contributed by atoms with Gasteiger partial charge in [0.25, 0.3) is 12.4 Å². The van der Waals surface area contributed by atoms with Crippen LogP contribution < -0.4 is 0 Å². The lowest BCUT2D eigenvalue weighted by Crippen LogP contribution is -2.44. The molecule has 3 atom stereocenters. The van der Waals surface area contributed by atoms with Gasteiger partial charge in [0.05, 0.1) is 12.8 Å². The highest BCUT2D eigenvalue weighted by Crippen LogP contribution is 2.51. The fourth-order valence-corrected chi connectivity index (χ4v) is 5.36. The smallest absolute Gasteiger partial charge is 0.290 e. The number of rotatable bonds is 4. The fourth-order valence-electron chi connectivity index (χ4n) is 5.36. The van der Waals surface area contributed by atoms with Gasteiger partial charge in [-0.05, 0) is 31.2 Å². The number of aliphatic hydroxyl groups is 1. The Morgan fingerprint density at radius 1 is 1.27 bits per heavy atom. The molecule has 0 saturated carbocycles. The van der Waals surface area contributed by atoms with Crippen LogP contribution in [0.4, 0.5) is 0 Å². The van der Waals surface area contributed by atoms with Crippen LogP contribution in [0.25, 0.3) is 5.65 Å². The summed E-state index contributed by atoms with van der Waals surface area (Å²) in [5, 5.41) is 21.6. The van der Waals surface area contributed by atoms with Gasteiger partial charge in [0.2, 0.25) is 0 Å². The first-order chi connectivity index (χ1) is 14.5. The third-order valence-corrected chi connectivity index (χ3v) is 6.57. The molecule has 1 amide bonds.